The Morgan fingerprint density at radius 2 is 2.32 bits per heavy atom. The van der Waals surface area contributed by atoms with Gasteiger partial charge in [-0.15, -0.1) is 0 Å². The summed E-state index contributed by atoms with van der Waals surface area (Å²) in [6, 6.07) is 3.26. The second-order valence-electron chi connectivity index (χ2n) is 5.54. The first-order chi connectivity index (χ1) is 10.5. The Labute approximate surface area is 128 Å². The molecule has 0 bridgehead atoms. The molecule has 1 aliphatic rings. The molecule has 2 rings (SSSR count). The van der Waals surface area contributed by atoms with Crippen molar-refractivity contribution in [3.63, 3.8) is 0 Å². The number of rotatable bonds is 5. The van der Waals surface area contributed by atoms with Crippen LogP contribution in [0.4, 0.5) is 0 Å². The summed E-state index contributed by atoms with van der Waals surface area (Å²) in [5, 5.41) is 12.8. The molecular weight excluding hydrogens is 288 g/mol. The highest BCUT2D eigenvalue weighted by atomic mass is 16.5. The number of hydrogen-bond donors (Lipinski definition) is 2. The smallest absolute Gasteiger partial charge is 0.251 e. The number of pyridine rings is 1. The highest BCUT2D eigenvalue weighted by Gasteiger charge is 2.32. The molecule has 0 radical (unpaired) electrons. The van der Waals surface area contributed by atoms with Crippen LogP contribution in [0.3, 0.4) is 0 Å². The Bertz CT molecular complexity index is 571. The molecule has 0 spiro atoms. The summed E-state index contributed by atoms with van der Waals surface area (Å²) in [6.07, 6.45) is 0.535. The van der Waals surface area contributed by atoms with Crippen molar-refractivity contribution in [2.24, 2.45) is 5.92 Å². The van der Waals surface area contributed by atoms with E-state index in [1.54, 1.807) is 12.3 Å². The van der Waals surface area contributed by atoms with E-state index in [-0.39, 0.29) is 36.6 Å². The van der Waals surface area contributed by atoms with E-state index in [0.717, 1.165) is 5.56 Å². The number of hydrogen-bond acceptors (Lipinski definition) is 5. The van der Waals surface area contributed by atoms with E-state index >= 15 is 0 Å². The summed E-state index contributed by atoms with van der Waals surface area (Å²) < 4.78 is 11.8. The fourth-order valence-electron chi connectivity index (χ4n) is 2.42. The molecule has 1 aliphatic heterocycles. The van der Waals surface area contributed by atoms with Crippen LogP contribution in [0.5, 0.6) is 0 Å². The van der Waals surface area contributed by atoms with Gasteiger partial charge in [0.1, 0.15) is 12.6 Å². The zero-order chi connectivity index (χ0) is 16.1. The van der Waals surface area contributed by atoms with Crippen LogP contribution >= 0.6 is 0 Å². The van der Waals surface area contributed by atoms with Crippen molar-refractivity contribution in [3.8, 4) is 0 Å². The fourth-order valence-corrected chi connectivity index (χ4v) is 2.42. The molecule has 122 valence electrons. The molecule has 0 aromatic carbocycles. The summed E-state index contributed by atoms with van der Waals surface area (Å²) in [6.45, 7) is 2.77. The third-order valence-corrected chi connectivity index (χ3v) is 3.81. The van der Waals surface area contributed by atoms with Gasteiger partial charge in [-0.25, -0.2) is 0 Å². The highest BCUT2D eigenvalue weighted by Crippen LogP contribution is 2.16. The van der Waals surface area contributed by atoms with Gasteiger partial charge in [-0.1, -0.05) is 0 Å². The normalized spacial score (nSPS) is 25.0. The quantitative estimate of drug-likeness (QED) is 0.750. The number of aliphatic hydroxyl groups excluding tert-OH is 1. The van der Waals surface area contributed by atoms with E-state index in [1.807, 2.05) is 6.92 Å². The lowest BCUT2D eigenvalue weighted by atomic mass is 9.96. The summed E-state index contributed by atoms with van der Waals surface area (Å²) in [5.74, 6) is -0.505. The van der Waals surface area contributed by atoms with Gasteiger partial charge in [0.15, 0.2) is 0 Å². The minimum absolute atomic E-state index is 0.0451. The third kappa shape index (κ3) is 4.16. The maximum absolute atomic E-state index is 11.9. The van der Waals surface area contributed by atoms with Crippen molar-refractivity contribution in [1.29, 1.82) is 0 Å². The predicted octanol–water partition coefficient (Wildman–Crippen LogP) is -0.705. The van der Waals surface area contributed by atoms with Crippen molar-refractivity contribution in [3.05, 3.63) is 34.2 Å². The molecule has 0 saturated carbocycles. The summed E-state index contributed by atoms with van der Waals surface area (Å²) in [4.78, 5) is 23.6. The lowest BCUT2D eigenvalue weighted by molar-refractivity contribution is -0.136. The molecule has 0 unspecified atom stereocenters. The van der Waals surface area contributed by atoms with Crippen LogP contribution in [0.1, 0.15) is 5.56 Å². The standard InChI is InChI=1S/C15H22N2O5/c1-10-3-4-17(14(19)5-10)7-13(18)16-6-11-8-22-9-12(21-2)15(11)20/h3-5,11-12,15,20H,6-9H2,1-2H3,(H,16,18)/t11-,12-,15+/m1/s1. The van der Waals surface area contributed by atoms with Crippen LogP contribution in [0.25, 0.3) is 0 Å². The number of amides is 1. The van der Waals surface area contributed by atoms with Crippen molar-refractivity contribution in [1.82, 2.24) is 9.88 Å². The molecule has 22 heavy (non-hydrogen) atoms. The van der Waals surface area contributed by atoms with Crippen LogP contribution < -0.4 is 10.9 Å². The van der Waals surface area contributed by atoms with Crippen LogP contribution in [0, 0.1) is 12.8 Å². The van der Waals surface area contributed by atoms with Gasteiger partial charge in [0, 0.05) is 31.8 Å². The van der Waals surface area contributed by atoms with Crippen molar-refractivity contribution >= 4 is 5.91 Å². The van der Waals surface area contributed by atoms with Gasteiger partial charge >= 0.3 is 0 Å². The summed E-state index contributed by atoms with van der Waals surface area (Å²) >= 11 is 0. The van der Waals surface area contributed by atoms with Crippen LogP contribution in [-0.4, -0.2) is 54.7 Å². The number of aryl methyl sites for hydroxylation is 1. The SMILES string of the molecule is CO[C@@H]1COC[C@@H](CNC(=O)Cn2ccc(C)cc2=O)[C@@H]1O. The molecule has 2 N–H and O–H groups in total. The van der Waals surface area contributed by atoms with Gasteiger partial charge < -0.3 is 24.5 Å². The Hall–Kier alpha value is -1.70. The van der Waals surface area contributed by atoms with Gasteiger partial charge in [-0.3, -0.25) is 9.59 Å². The van der Waals surface area contributed by atoms with E-state index in [9.17, 15) is 14.7 Å². The monoisotopic (exact) mass is 310 g/mol. The van der Waals surface area contributed by atoms with Gasteiger partial charge in [0.25, 0.3) is 5.56 Å². The average molecular weight is 310 g/mol. The van der Waals surface area contributed by atoms with E-state index in [1.165, 1.54) is 17.7 Å². The van der Waals surface area contributed by atoms with Gasteiger partial charge in [0.2, 0.25) is 5.91 Å². The van der Waals surface area contributed by atoms with E-state index in [2.05, 4.69) is 5.32 Å². The molecule has 3 atom stereocenters. The zero-order valence-corrected chi connectivity index (χ0v) is 12.8. The molecule has 0 aliphatic carbocycles. The van der Waals surface area contributed by atoms with Crippen LogP contribution in [-0.2, 0) is 20.8 Å². The molecule has 7 nitrogen and oxygen atoms in total. The molecule has 2 heterocycles. The highest BCUT2D eigenvalue weighted by molar-refractivity contribution is 5.75. The number of aromatic nitrogens is 1. The molecule has 1 amide bonds. The first-order valence-corrected chi connectivity index (χ1v) is 7.23. The number of ether oxygens (including phenoxy) is 2. The van der Waals surface area contributed by atoms with Crippen LogP contribution in [0.2, 0.25) is 0 Å². The topological polar surface area (TPSA) is 89.8 Å². The minimum Gasteiger partial charge on any atom is -0.390 e. The van der Waals surface area contributed by atoms with Crippen molar-refractivity contribution < 1.29 is 19.4 Å². The van der Waals surface area contributed by atoms with E-state index in [0.29, 0.717) is 13.2 Å². The first kappa shape index (κ1) is 16.7. The van der Waals surface area contributed by atoms with Gasteiger partial charge in [-0.05, 0) is 18.6 Å². The molecule has 1 aromatic rings. The van der Waals surface area contributed by atoms with Gasteiger partial charge in [-0.2, -0.15) is 0 Å². The number of carbonyl (C=O) groups is 1. The maximum Gasteiger partial charge on any atom is 0.251 e. The Kier molecular flexibility index (Phi) is 5.70. The molecule has 1 aromatic heterocycles. The second-order valence-corrected chi connectivity index (χ2v) is 5.54. The molecule has 7 heteroatoms. The fraction of sp³-hybridized carbons (Fsp3) is 0.600. The molecule has 1 saturated heterocycles. The van der Waals surface area contributed by atoms with E-state index < -0.39 is 6.10 Å². The number of nitrogens with one attached hydrogen (secondary N) is 1. The predicted molar refractivity (Wildman–Crippen MR) is 79.6 cm³/mol. The third-order valence-electron chi connectivity index (χ3n) is 3.81. The lowest BCUT2D eigenvalue weighted by Gasteiger charge is -2.33. The van der Waals surface area contributed by atoms with E-state index in [4.69, 9.17) is 9.47 Å². The van der Waals surface area contributed by atoms with Gasteiger partial charge in [0.05, 0.1) is 19.3 Å². The van der Waals surface area contributed by atoms with Crippen LogP contribution in [0.15, 0.2) is 23.1 Å². The zero-order valence-electron chi connectivity index (χ0n) is 12.8. The first-order valence-electron chi connectivity index (χ1n) is 7.23. The second kappa shape index (κ2) is 7.53. The number of aliphatic hydroxyl groups is 1. The van der Waals surface area contributed by atoms with Crippen molar-refractivity contribution in [2.45, 2.75) is 25.7 Å². The Balaban J connectivity index is 1.86. The average Bonchev–Trinajstić information content (AvgIpc) is 2.49. The Morgan fingerprint density at radius 3 is 3.00 bits per heavy atom. The summed E-state index contributed by atoms with van der Waals surface area (Å²) in [5.41, 5.74) is 0.644. The minimum atomic E-state index is -0.679. The number of carbonyl (C=O) groups excluding carboxylic acids is 1. The molecule has 1 fully saturated rings. The lowest BCUT2D eigenvalue weighted by Crippen LogP contribution is -2.49. The maximum atomic E-state index is 11.9. The number of methoxy groups -OCH3 is 1. The largest absolute Gasteiger partial charge is 0.390 e. The Morgan fingerprint density at radius 1 is 1.55 bits per heavy atom. The number of nitrogens with zero attached hydrogens (tertiary/aromatic N) is 1. The molecular formula is C15H22N2O5. The van der Waals surface area contributed by atoms with Crippen molar-refractivity contribution in [2.75, 3.05) is 26.9 Å². The summed E-state index contributed by atoms with van der Waals surface area (Å²) in [7, 11) is 1.52.